The predicted molar refractivity (Wildman–Crippen MR) is 119 cm³/mol. The first-order chi connectivity index (χ1) is 14.6. The lowest BCUT2D eigenvalue weighted by molar-refractivity contribution is -0.122. The Labute approximate surface area is 179 Å². The minimum atomic E-state index is -0.272. The van der Waals surface area contributed by atoms with Crippen LogP contribution >= 0.6 is 0 Å². The van der Waals surface area contributed by atoms with E-state index in [0.29, 0.717) is 18.6 Å². The maximum atomic E-state index is 12.7. The van der Waals surface area contributed by atoms with Gasteiger partial charge < -0.3 is 15.4 Å². The average molecular weight is 406 g/mol. The normalized spacial score (nSPS) is 16.8. The summed E-state index contributed by atoms with van der Waals surface area (Å²) in [4.78, 5) is 12.7. The van der Waals surface area contributed by atoms with Crippen molar-refractivity contribution in [1.29, 1.82) is 5.26 Å². The Bertz CT molecular complexity index is 882. The molecule has 0 aromatic heterocycles. The fraction of sp³-hybridized carbons (Fsp3) is 0.440. The van der Waals surface area contributed by atoms with E-state index in [-0.39, 0.29) is 18.4 Å². The molecule has 2 unspecified atom stereocenters. The molecule has 1 heterocycles. The first kappa shape index (κ1) is 21.9. The van der Waals surface area contributed by atoms with Crippen molar-refractivity contribution in [3.8, 4) is 22.9 Å². The molecule has 2 atom stereocenters. The summed E-state index contributed by atoms with van der Waals surface area (Å²) >= 11 is 0. The van der Waals surface area contributed by atoms with E-state index in [1.807, 2.05) is 30.3 Å². The molecule has 2 aromatic rings. The molecule has 30 heavy (non-hydrogen) atoms. The van der Waals surface area contributed by atoms with Gasteiger partial charge in [-0.05, 0) is 60.5 Å². The lowest BCUT2D eigenvalue weighted by Gasteiger charge is -2.19. The van der Waals surface area contributed by atoms with Crippen LogP contribution in [0.5, 0.6) is 5.75 Å². The zero-order valence-electron chi connectivity index (χ0n) is 17.9. The van der Waals surface area contributed by atoms with Crippen LogP contribution in [0.4, 0.5) is 0 Å². The Morgan fingerprint density at radius 3 is 2.70 bits per heavy atom. The van der Waals surface area contributed by atoms with Crippen LogP contribution in [0.3, 0.4) is 0 Å². The van der Waals surface area contributed by atoms with Crippen molar-refractivity contribution in [3.05, 3.63) is 54.1 Å². The molecule has 1 aliphatic heterocycles. The molecule has 2 aromatic carbocycles. The van der Waals surface area contributed by atoms with Crippen LogP contribution in [0.25, 0.3) is 11.1 Å². The van der Waals surface area contributed by atoms with E-state index < -0.39 is 0 Å². The number of nitrogens with zero attached hydrogens (tertiary/aromatic N) is 1. The highest BCUT2D eigenvalue weighted by atomic mass is 16.5. The van der Waals surface area contributed by atoms with Crippen molar-refractivity contribution < 1.29 is 9.53 Å². The molecule has 0 bridgehead atoms. The summed E-state index contributed by atoms with van der Waals surface area (Å²) in [5, 5.41) is 15.0. The van der Waals surface area contributed by atoms with Crippen LogP contribution in [0.2, 0.25) is 0 Å². The highest BCUT2D eigenvalue weighted by Crippen LogP contribution is 2.30. The van der Waals surface area contributed by atoms with Gasteiger partial charge in [-0.3, -0.25) is 4.79 Å². The Balaban J connectivity index is 1.78. The molecular weight excluding hydrogens is 374 g/mol. The molecule has 3 rings (SSSR count). The SMILES string of the molecule is CC(C)CC(C(=O)NCC#N)c1cccc(-c2cccc(OCC3CCCN3)c2)c1. The van der Waals surface area contributed by atoms with E-state index in [2.05, 4.69) is 48.7 Å². The summed E-state index contributed by atoms with van der Waals surface area (Å²) in [7, 11) is 0. The van der Waals surface area contributed by atoms with Gasteiger partial charge >= 0.3 is 0 Å². The Hall–Kier alpha value is -2.84. The second-order valence-corrected chi connectivity index (χ2v) is 8.32. The van der Waals surface area contributed by atoms with Gasteiger partial charge in [-0.25, -0.2) is 0 Å². The van der Waals surface area contributed by atoms with E-state index in [4.69, 9.17) is 10.00 Å². The molecule has 1 aliphatic rings. The van der Waals surface area contributed by atoms with Crippen LogP contribution < -0.4 is 15.4 Å². The summed E-state index contributed by atoms with van der Waals surface area (Å²) in [6, 6.07) is 18.6. The fourth-order valence-corrected chi connectivity index (χ4v) is 3.91. The average Bonchev–Trinajstić information content (AvgIpc) is 3.28. The molecule has 2 N–H and O–H groups in total. The number of hydrogen-bond acceptors (Lipinski definition) is 4. The monoisotopic (exact) mass is 405 g/mol. The number of amides is 1. The molecule has 0 spiro atoms. The van der Waals surface area contributed by atoms with Crippen molar-refractivity contribution in [3.63, 3.8) is 0 Å². The molecule has 1 saturated heterocycles. The van der Waals surface area contributed by atoms with Gasteiger partial charge in [0, 0.05) is 6.04 Å². The number of carbonyl (C=O) groups excluding carboxylic acids is 1. The van der Waals surface area contributed by atoms with Gasteiger partial charge in [-0.2, -0.15) is 5.26 Å². The number of ether oxygens (including phenoxy) is 1. The second kappa shape index (κ2) is 10.8. The molecule has 158 valence electrons. The smallest absolute Gasteiger partial charge is 0.228 e. The summed E-state index contributed by atoms with van der Waals surface area (Å²) in [6.07, 6.45) is 3.10. The molecule has 0 aliphatic carbocycles. The third-order valence-corrected chi connectivity index (χ3v) is 5.44. The quantitative estimate of drug-likeness (QED) is 0.612. The number of benzene rings is 2. The number of hydrogen-bond donors (Lipinski definition) is 2. The highest BCUT2D eigenvalue weighted by molar-refractivity contribution is 5.84. The van der Waals surface area contributed by atoms with Gasteiger partial charge in [0.15, 0.2) is 0 Å². The summed E-state index contributed by atoms with van der Waals surface area (Å²) in [6.45, 7) is 5.99. The zero-order chi connectivity index (χ0) is 21.3. The van der Waals surface area contributed by atoms with Crippen LogP contribution in [0, 0.1) is 17.2 Å². The number of carbonyl (C=O) groups is 1. The Morgan fingerprint density at radius 1 is 1.23 bits per heavy atom. The van der Waals surface area contributed by atoms with Gasteiger partial charge in [0.2, 0.25) is 5.91 Å². The number of nitriles is 1. The van der Waals surface area contributed by atoms with Crippen LogP contribution in [-0.2, 0) is 4.79 Å². The van der Waals surface area contributed by atoms with Crippen LogP contribution in [0.1, 0.15) is 44.6 Å². The van der Waals surface area contributed by atoms with E-state index in [1.54, 1.807) is 0 Å². The maximum absolute atomic E-state index is 12.7. The molecule has 0 saturated carbocycles. The second-order valence-electron chi connectivity index (χ2n) is 8.32. The summed E-state index contributed by atoms with van der Waals surface area (Å²) in [5.41, 5.74) is 3.09. The van der Waals surface area contributed by atoms with Crippen molar-refractivity contribution >= 4 is 5.91 Å². The summed E-state index contributed by atoms with van der Waals surface area (Å²) < 4.78 is 6.01. The maximum Gasteiger partial charge on any atom is 0.228 e. The van der Waals surface area contributed by atoms with Crippen molar-refractivity contribution in [1.82, 2.24) is 10.6 Å². The lowest BCUT2D eigenvalue weighted by Crippen LogP contribution is -2.30. The largest absolute Gasteiger partial charge is 0.492 e. The molecule has 5 nitrogen and oxygen atoms in total. The van der Waals surface area contributed by atoms with E-state index in [0.717, 1.165) is 41.8 Å². The first-order valence-electron chi connectivity index (χ1n) is 10.8. The predicted octanol–water partition coefficient (Wildman–Crippen LogP) is 4.25. The number of rotatable bonds is 9. The van der Waals surface area contributed by atoms with Crippen molar-refractivity contribution in [2.24, 2.45) is 5.92 Å². The van der Waals surface area contributed by atoms with Crippen LogP contribution in [0.15, 0.2) is 48.5 Å². The van der Waals surface area contributed by atoms with Gasteiger partial charge in [-0.15, -0.1) is 0 Å². The van der Waals surface area contributed by atoms with Gasteiger partial charge in [0.05, 0.1) is 12.0 Å². The molecular formula is C25H31N3O2. The zero-order valence-corrected chi connectivity index (χ0v) is 17.9. The van der Waals surface area contributed by atoms with Gasteiger partial charge in [0.1, 0.15) is 18.9 Å². The van der Waals surface area contributed by atoms with Crippen molar-refractivity contribution in [2.75, 3.05) is 19.7 Å². The Morgan fingerprint density at radius 2 is 2.00 bits per heavy atom. The summed E-state index contributed by atoms with van der Waals surface area (Å²) in [5.74, 6) is 0.860. The minimum absolute atomic E-state index is 0.0301. The van der Waals surface area contributed by atoms with Gasteiger partial charge in [-0.1, -0.05) is 50.2 Å². The fourth-order valence-electron chi connectivity index (χ4n) is 3.91. The standard InChI is InChI=1S/C25H31N3O2/c1-18(2)14-24(25(29)28-13-11-26)21-8-3-6-19(15-21)20-7-4-10-23(16-20)30-17-22-9-5-12-27-22/h3-4,6-8,10,15-16,18,22,24,27H,5,9,12-14,17H2,1-2H3,(H,28,29). The van der Waals surface area contributed by atoms with Gasteiger partial charge in [0.25, 0.3) is 0 Å². The van der Waals surface area contributed by atoms with E-state index in [1.165, 1.54) is 6.42 Å². The Kier molecular flexibility index (Phi) is 7.87. The molecule has 1 fully saturated rings. The topological polar surface area (TPSA) is 74.2 Å². The molecule has 0 radical (unpaired) electrons. The van der Waals surface area contributed by atoms with E-state index in [9.17, 15) is 4.79 Å². The first-order valence-corrected chi connectivity index (χ1v) is 10.8. The number of nitrogens with one attached hydrogen (secondary N) is 2. The van der Waals surface area contributed by atoms with Crippen LogP contribution in [-0.4, -0.2) is 31.6 Å². The van der Waals surface area contributed by atoms with E-state index >= 15 is 0 Å². The minimum Gasteiger partial charge on any atom is -0.492 e. The highest BCUT2D eigenvalue weighted by Gasteiger charge is 2.22. The molecule has 1 amide bonds. The van der Waals surface area contributed by atoms with Crippen molar-refractivity contribution in [2.45, 2.75) is 45.1 Å². The third kappa shape index (κ3) is 6.08. The third-order valence-electron chi connectivity index (χ3n) is 5.44. The lowest BCUT2D eigenvalue weighted by atomic mass is 9.88. The molecule has 5 heteroatoms.